The Morgan fingerprint density at radius 2 is 1.76 bits per heavy atom. The number of para-hydroxylation sites is 1. The molecule has 0 radical (unpaired) electrons. The molecule has 0 amide bonds. The largest absolute Gasteiger partial charge is 0.384 e. The molecule has 0 aliphatic carbocycles. The molecule has 0 fully saturated rings. The Balaban J connectivity index is 1.92. The van der Waals surface area contributed by atoms with Gasteiger partial charge >= 0.3 is 0 Å². The number of anilines is 1. The molecule has 0 bridgehead atoms. The average molecular weight is 295 g/mol. The molecule has 108 valence electrons. The van der Waals surface area contributed by atoms with Crippen LogP contribution in [0.25, 0.3) is 0 Å². The van der Waals surface area contributed by atoms with Crippen molar-refractivity contribution in [2.75, 3.05) is 17.6 Å². The van der Waals surface area contributed by atoms with E-state index < -0.39 is 0 Å². The van der Waals surface area contributed by atoms with E-state index in [1.807, 2.05) is 12.1 Å². The van der Waals surface area contributed by atoms with E-state index in [0.29, 0.717) is 0 Å². The summed E-state index contributed by atoms with van der Waals surface area (Å²) in [5.41, 5.74) is 2.23. The van der Waals surface area contributed by atoms with Gasteiger partial charge in [0.2, 0.25) is 0 Å². The van der Waals surface area contributed by atoms with Crippen molar-refractivity contribution < 1.29 is 0 Å². The Morgan fingerprint density at radius 3 is 2.57 bits per heavy atom. The highest BCUT2D eigenvalue weighted by Crippen LogP contribution is 2.17. The molecule has 0 heterocycles. The van der Waals surface area contributed by atoms with Crippen LogP contribution in [0, 0.1) is 11.8 Å². The van der Waals surface area contributed by atoms with Gasteiger partial charge < -0.3 is 5.32 Å². The van der Waals surface area contributed by atoms with Crippen LogP contribution in [0.2, 0.25) is 0 Å². The van der Waals surface area contributed by atoms with Gasteiger partial charge in [-0.25, -0.2) is 0 Å². The fourth-order valence-corrected chi connectivity index (χ4v) is 2.57. The predicted molar refractivity (Wildman–Crippen MR) is 93.9 cm³/mol. The van der Waals surface area contributed by atoms with E-state index in [2.05, 4.69) is 66.5 Å². The van der Waals surface area contributed by atoms with Crippen LogP contribution in [0.3, 0.4) is 0 Å². The first-order valence-corrected chi connectivity index (χ1v) is 8.38. The summed E-state index contributed by atoms with van der Waals surface area (Å²) in [6.45, 7) is 3.21. The summed E-state index contributed by atoms with van der Waals surface area (Å²) in [4.78, 5) is 1.26. The van der Waals surface area contributed by atoms with Gasteiger partial charge in [0, 0.05) is 22.7 Å². The summed E-state index contributed by atoms with van der Waals surface area (Å²) < 4.78 is 0. The number of nitrogens with one attached hydrogen (secondary N) is 1. The number of hydrogen-bond acceptors (Lipinski definition) is 2. The lowest BCUT2D eigenvalue weighted by Crippen LogP contribution is -2.02. The number of rotatable bonds is 6. The number of unbranched alkanes of at least 4 members (excludes halogenated alkanes) is 1. The third kappa shape index (κ3) is 5.57. The Hall–Kier alpha value is -1.85. The fraction of sp³-hybridized carbons (Fsp3) is 0.263. The van der Waals surface area contributed by atoms with Crippen molar-refractivity contribution in [3.63, 3.8) is 0 Å². The maximum absolute atomic E-state index is 3.46. The highest BCUT2D eigenvalue weighted by molar-refractivity contribution is 7.99. The number of hydrogen-bond donors (Lipinski definition) is 1. The van der Waals surface area contributed by atoms with Gasteiger partial charge in [-0.3, -0.25) is 0 Å². The minimum atomic E-state index is 0.813. The first kappa shape index (κ1) is 15.5. The highest BCUT2D eigenvalue weighted by Gasteiger charge is 1.97. The van der Waals surface area contributed by atoms with Gasteiger partial charge in [0.15, 0.2) is 0 Å². The minimum absolute atomic E-state index is 0.813. The second-order valence-corrected chi connectivity index (χ2v) is 5.78. The third-order valence-corrected chi connectivity index (χ3v) is 3.94. The van der Waals surface area contributed by atoms with Crippen LogP contribution >= 0.6 is 11.8 Å². The van der Waals surface area contributed by atoms with Gasteiger partial charge in [-0.2, -0.15) is 0 Å². The standard InChI is InChI=1S/C19H21NS/c1-2-3-15-20-19-14-8-7-10-17(19)11-9-16-21-18-12-5-4-6-13-18/h4-8,10,12-14,20H,2-3,15-16H2,1H3. The van der Waals surface area contributed by atoms with Crippen LogP contribution in [-0.2, 0) is 0 Å². The topological polar surface area (TPSA) is 12.0 Å². The van der Waals surface area contributed by atoms with E-state index in [1.54, 1.807) is 11.8 Å². The van der Waals surface area contributed by atoms with Crippen molar-refractivity contribution in [1.29, 1.82) is 0 Å². The van der Waals surface area contributed by atoms with Crippen LogP contribution in [0.1, 0.15) is 25.3 Å². The van der Waals surface area contributed by atoms with E-state index in [4.69, 9.17) is 0 Å². The smallest absolute Gasteiger partial charge is 0.0598 e. The molecule has 0 atom stereocenters. The van der Waals surface area contributed by atoms with Crippen LogP contribution in [0.15, 0.2) is 59.5 Å². The Labute approximate surface area is 132 Å². The predicted octanol–water partition coefficient (Wildman–Crippen LogP) is 5.04. The van der Waals surface area contributed by atoms with E-state index in [-0.39, 0.29) is 0 Å². The molecule has 0 spiro atoms. The summed E-state index contributed by atoms with van der Waals surface area (Å²) in [7, 11) is 0. The van der Waals surface area contributed by atoms with Crippen molar-refractivity contribution in [3.8, 4) is 11.8 Å². The van der Waals surface area contributed by atoms with Crippen LogP contribution < -0.4 is 5.32 Å². The van der Waals surface area contributed by atoms with E-state index in [0.717, 1.165) is 23.5 Å². The minimum Gasteiger partial charge on any atom is -0.384 e. The summed E-state index contributed by atoms with van der Waals surface area (Å²) in [5.74, 6) is 7.34. The Morgan fingerprint density at radius 1 is 1.00 bits per heavy atom. The second kappa shape index (κ2) is 9.15. The van der Waals surface area contributed by atoms with Crippen LogP contribution in [-0.4, -0.2) is 12.3 Å². The summed E-state index contributed by atoms with van der Waals surface area (Å²) in [6.07, 6.45) is 2.39. The third-order valence-electron chi connectivity index (χ3n) is 3.05. The Bertz CT molecular complexity index is 596. The lowest BCUT2D eigenvalue weighted by Gasteiger charge is -2.07. The van der Waals surface area contributed by atoms with E-state index in [9.17, 15) is 0 Å². The molecule has 0 saturated carbocycles. The molecule has 0 unspecified atom stereocenters. The zero-order valence-corrected chi connectivity index (χ0v) is 13.2. The molecule has 0 saturated heterocycles. The van der Waals surface area contributed by atoms with E-state index in [1.165, 1.54) is 17.7 Å². The number of benzene rings is 2. The summed E-state index contributed by atoms with van der Waals surface area (Å²) >= 11 is 1.77. The summed E-state index contributed by atoms with van der Waals surface area (Å²) in [5, 5.41) is 3.46. The molecular weight excluding hydrogens is 274 g/mol. The van der Waals surface area contributed by atoms with Gasteiger partial charge in [0.1, 0.15) is 0 Å². The molecule has 2 rings (SSSR count). The molecule has 1 N–H and O–H groups in total. The van der Waals surface area contributed by atoms with Gasteiger partial charge in [-0.1, -0.05) is 55.5 Å². The maximum Gasteiger partial charge on any atom is 0.0598 e. The van der Waals surface area contributed by atoms with Crippen molar-refractivity contribution in [2.45, 2.75) is 24.7 Å². The highest BCUT2D eigenvalue weighted by atomic mass is 32.2. The molecule has 2 aromatic rings. The number of thioether (sulfide) groups is 1. The first-order chi connectivity index (χ1) is 10.4. The van der Waals surface area contributed by atoms with Crippen LogP contribution in [0.5, 0.6) is 0 Å². The monoisotopic (exact) mass is 295 g/mol. The van der Waals surface area contributed by atoms with Gasteiger partial charge in [0.05, 0.1) is 5.75 Å². The lowest BCUT2D eigenvalue weighted by atomic mass is 10.2. The molecule has 0 aliphatic rings. The summed E-state index contributed by atoms with van der Waals surface area (Å²) in [6, 6.07) is 18.7. The van der Waals surface area contributed by atoms with Gasteiger partial charge in [-0.15, -0.1) is 11.8 Å². The maximum atomic E-state index is 3.46. The quantitative estimate of drug-likeness (QED) is 0.455. The molecule has 21 heavy (non-hydrogen) atoms. The van der Waals surface area contributed by atoms with Gasteiger partial charge in [-0.05, 0) is 30.7 Å². The molecule has 0 aliphatic heterocycles. The van der Waals surface area contributed by atoms with Crippen molar-refractivity contribution >= 4 is 17.4 Å². The van der Waals surface area contributed by atoms with Crippen LogP contribution in [0.4, 0.5) is 5.69 Å². The second-order valence-electron chi connectivity index (χ2n) is 4.73. The zero-order valence-electron chi connectivity index (χ0n) is 12.4. The molecule has 1 nitrogen and oxygen atoms in total. The fourth-order valence-electron chi connectivity index (χ4n) is 1.91. The van der Waals surface area contributed by atoms with Gasteiger partial charge in [0.25, 0.3) is 0 Å². The SMILES string of the molecule is CCCCNc1ccccc1C#CCSc1ccccc1. The normalized spacial score (nSPS) is 9.76. The molecule has 0 aromatic heterocycles. The molecule has 2 aromatic carbocycles. The van der Waals surface area contributed by atoms with Crippen molar-refractivity contribution in [2.24, 2.45) is 0 Å². The molecular formula is C19H21NS. The average Bonchev–Trinajstić information content (AvgIpc) is 2.54. The molecule has 2 heteroatoms. The first-order valence-electron chi connectivity index (χ1n) is 7.40. The Kier molecular flexibility index (Phi) is 6.77. The van der Waals surface area contributed by atoms with Crippen molar-refractivity contribution in [1.82, 2.24) is 0 Å². The lowest BCUT2D eigenvalue weighted by molar-refractivity contribution is 0.834. The van der Waals surface area contributed by atoms with Crippen molar-refractivity contribution in [3.05, 3.63) is 60.2 Å². The van der Waals surface area contributed by atoms with E-state index >= 15 is 0 Å². The zero-order chi connectivity index (χ0) is 14.8.